The highest BCUT2D eigenvalue weighted by Gasteiger charge is 2.64. The Morgan fingerprint density at radius 3 is 2.40 bits per heavy atom. The highest BCUT2D eigenvalue weighted by atomic mass is 35.5. The van der Waals surface area contributed by atoms with Gasteiger partial charge in [0.1, 0.15) is 11.3 Å². The lowest BCUT2D eigenvalue weighted by atomic mass is 9.83. The first-order valence-electron chi connectivity index (χ1n) is 13.7. The van der Waals surface area contributed by atoms with Crippen LogP contribution in [0.5, 0.6) is 5.75 Å². The molecule has 0 bridgehead atoms. The number of amides is 2. The summed E-state index contributed by atoms with van der Waals surface area (Å²) in [5.41, 5.74) is 0.797. The molecular weight excluding hydrogens is 587 g/mol. The van der Waals surface area contributed by atoms with E-state index in [-0.39, 0.29) is 35.4 Å². The molecule has 2 aliphatic heterocycles. The second kappa shape index (κ2) is 10.3. The molecule has 7 rings (SSSR count). The van der Waals surface area contributed by atoms with Gasteiger partial charge in [-0.05, 0) is 60.0 Å². The predicted octanol–water partition coefficient (Wildman–Crippen LogP) is 6.60. The fourth-order valence-electron chi connectivity index (χ4n) is 6.25. The van der Waals surface area contributed by atoms with Gasteiger partial charge in [0.2, 0.25) is 5.76 Å². The van der Waals surface area contributed by atoms with Crippen LogP contribution in [0.1, 0.15) is 32.8 Å². The van der Waals surface area contributed by atoms with Crippen LogP contribution < -0.4 is 15.1 Å². The molecule has 2 aliphatic rings. The number of hydrogen-bond donors (Lipinski definition) is 0. The number of benzene rings is 4. The molecule has 1 atom stereocenters. The second-order valence-electron chi connectivity index (χ2n) is 10.5. The standard InChI is InChI=1S/C34H24Cl2N2O5/c1-42-23-13-10-20(11-14-23)16-17-38-32(40)31-29(30(39)24-18-22(35)12-15-28(24)43-31)34(38)25-7-3-5-9-27(25)37(33(34)41)19-21-6-2-4-8-26(21)36/h2-15,18H,16-17,19H2,1H3. The number of rotatable bonds is 6. The van der Waals surface area contributed by atoms with Crippen molar-refractivity contribution in [3.63, 3.8) is 0 Å². The molecule has 0 saturated carbocycles. The summed E-state index contributed by atoms with van der Waals surface area (Å²) in [6.07, 6.45) is 0.422. The zero-order chi connectivity index (χ0) is 29.9. The lowest BCUT2D eigenvalue weighted by Crippen LogP contribution is -2.53. The molecule has 9 heteroatoms. The molecule has 3 heterocycles. The van der Waals surface area contributed by atoms with Gasteiger partial charge < -0.3 is 19.0 Å². The monoisotopic (exact) mass is 610 g/mol. The molecule has 0 fully saturated rings. The molecule has 5 aromatic rings. The van der Waals surface area contributed by atoms with Crippen molar-refractivity contribution in [2.75, 3.05) is 18.6 Å². The second-order valence-corrected chi connectivity index (χ2v) is 11.4. The van der Waals surface area contributed by atoms with Crippen molar-refractivity contribution in [3.05, 3.63) is 139 Å². The molecular formula is C34H24Cl2N2O5. The van der Waals surface area contributed by atoms with Crippen LogP contribution >= 0.6 is 23.2 Å². The van der Waals surface area contributed by atoms with Gasteiger partial charge in [0.05, 0.1) is 30.3 Å². The van der Waals surface area contributed by atoms with E-state index in [9.17, 15) is 14.4 Å². The van der Waals surface area contributed by atoms with E-state index in [4.69, 9.17) is 32.4 Å². The Morgan fingerprint density at radius 1 is 0.884 bits per heavy atom. The Kier molecular flexibility index (Phi) is 6.52. The third kappa shape index (κ3) is 4.07. The maximum atomic E-state index is 14.9. The van der Waals surface area contributed by atoms with Gasteiger partial charge in [0, 0.05) is 22.2 Å². The third-order valence-corrected chi connectivity index (χ3v) is 8.87. The van der Waals surface area contributed by atoms with Gasteiger partial charge >= 0.3 is 0 Å². The molecule has 2 amide bonds. The van der Waals surface area contributed by atoms with E-state index in [2.05, 4.69) is 0 Å². The number of fused-ring (bicyclic) bond motifs is 5. The van der Waals surface area contributed by atoms with E-state index in [1.165, 1.54) is 11.0 Å². The normalized spacial score (nSPS) is 17.2. The summed E-state index contributed by atoms with van der Waals surface area (Å²) in [5.74, 6) is -0.387. The Bertz CT molecular complexity index is 2010. The summed E-state index contributed by atoms with van der Waals surface area (Å²) in [6.45, 7) is 0.295. The number of hydrogen-bond acceptors (Lipinski definition) is 5. The average Bonchev–Trinajstić information content (AvgIpc) is 3.41. The Labute approximate surface area is 256 Å². The number of ether oxygens (including phenoxy) is 1. The summed E-state index contributed by atoms with van der Waals surface area (Å²) >= 11 is 12.8. The van der Waals surface area contributed by atoms with Crippen molar-refractivity contribution < 1.29 is 18.7 Å². The van der Waals surface area contributed by atoms with Gasteiger partial charge in [0.25, 0.3) is 11.8 Å². The zero-order valence-corrected chi connectivity index (χ0v) is 24.5. The first kappa shape index (κ1) is 27.3. The Balaban J connectivity index is 1.44. The van der Waals surface area contributed by atoms with Crippen LogP contribution in [-0.4, -0.2) is 30.4 Å². The van der Waals surface area contributed by atoms with Gasteiger partial charge in [0.15, 0.2) is 11.0 Å². The lowest BCUT2D eigenvalue weighted by molar-refractivity contribution is -0.126. The van der Waals surface area contributed by atoms with Gasteiger partial charge in [-0.15, -0.1) is 0 Å². The number of nitrogens with zero attached hydrogens (tertiary/aromatic N) is 2. The van der Waals surface area contributed by atoms with Crippen molar-refractivity contribution >= 4 is 51.7 Å². The molecule has 1 spiro atoms. The third-order valence-electron chi connectivity index (χ3n) is 8.27. The van der Waals surface area contributed by atoms with E-state index in [1.54, 1.807) is 42.3 Å². The maximum absolute atomic E-state index is 14.9. The molecule has 0 saturated heterocycles. The van der Waals surface area contributed by atoms with Crippen molar-refractivity contribution in [1.82, 2.24) is 4.90 Å². The van der Waals surface area contributed by atoms with E-state index in [0.29, 0.717) is 33.5 Å². The van der Waals surface area contributed by atoms with Crippen LogP contribution in [0.25, 0.3) is 11.0 Å². The first-order chi connectivity index (χ1) is 20.8. The largest absolute Gasteiger partial charge is 0.497 e. The number of anilines is 1. The Hall–Kier alpha value is -4.59. The van der Waals surface area contributed by atoms with Gasteiger partial charge in [-0.1, -0.05) is 71.7 Å². The minimum atomic E-state index is -1.74. The topological polar surface area (TPSA) is 80.1 Å². The van der Waals surface area contributed by atoms with Crippen molar-refractivity contribution in [1.29, 1.82) is 0 Å². The highest BCUT2D eigenvalue weighted by molar-refractivity contribution is 6.31. The summed E-state index contributed by atoms with van der Waals surface area (Å²) in [7, 11) is 1.59. The van der Waals surface area contributed by atoms with Crippen molar-refractivity contribution in [2.45, 2.75) is 18.5 Å². The lowest BCUT2D eigenvalue weighted by Gasteiger charge is -2.34. The number of methoxy groups -OCH3 is 1. The molecule has 43 heavy (non-hydrogen) atoms. The predicted molar refractivity (Wildman–Crippen MR) is 165 cm³/mol. The minimum Gasteiger partial charge on any atom is -0.497 e. The summed E-state index contributed by atoms with van der Waals surface area (Å²) in [5, 5.41) is 1.05. The van der Waals surface area contributed by atoms with E-state index >= 15 is 0 Å². The fourth-order valence-corrected chi connectivity index (χ4v) is 6.62. The molecule has 0 N–H and O–H groups in total. The molecule has 7 nitrogen and oxygen atoms in total. The number of carbonyl (C=O) groups is 2. The molecule has 0 radical (unpaired) electrons. The van der Waals surface area contributed by atoms with Gasteiger partial charge in [-0.2, -0.15) is 0 Å². The molecule has 0 aliphatic carbocycles. The van der Waals surface area contributed by atoms with E-state index in [1.807, 2.05) is 54.6 Å². The van der Waals surface area contributed by atoms with Crippen LogP contribution in [0.4, 0.5) is 5.69 Å². The first-order valence-corrected chi connectivity index (χ1v) is 14.5. The summed E-state index contributed by atoms with van der Waals surface area (Å²) < 4.78 is 11.4. The van der Waals surface area contributed by atoms with Crippen LogP contribution in [0.15, 0.2) is 100 Å². The SMILES string of the molecule is COc1ccc(CCN2C(=O)c3oc4ccc(Cl)cc4c(=O)c3C23C(=O)N(Cc2ccccc2Cl)c2ccccc23)cc1. The van der Waals surface area contributed by atoms with Crippen LogP contribution in [0.3, 0.4) is 0 Å². The highest BCUT2D eigenvalue weighted by Crippen LogP contribution is 2.53. The molecule has 1 aromatic heterocycles. The summed E-state index contributed by atoms with van der Waals surface area (Å²) in [4.78, 5) is 46.6. The summed E-state index contributed by atoms with van der Waals surface area (Å²) in [6, 6.07) is 26.7. The van der Waals surface area contributed by atoms with Crippen molar-refractivity contribution in [2.24, 2.45) is 0 Å². The van der Waals surface area contributed by atoms with Crippen LogP contribution in [0.2, 0.25) is 10.0 Å². The number of carbonyl (C=O) groups excluding carboxylic acids is 2. The smallest absolute Gasteiger partial charge is 0.291 e. The van der Waals surface area contributed by atoms with Crippen LogP contribution in [0, 0.1) is 0 Å². The number of para-hydroxylation sites is 1. The Morgan fingerprint density at radius 2 is 1.63 bits per heavy atom. The zero-order valence-electron chi connectivity index (χ0n) is 23.0. The maximum Gasteiger partial charge on any atom is 0.291 e. The fraction of sp³-hybridized carbons (Fsp3) is 0.147. The minimum absolute atomic E-state index is 0.00102. The van der Waals surface area contributed by atoms with Gasteiger partial charge in [-0.3, -0.25) is 14.4 Å². The van der Waals surface area contributed by atoms with E-state index < -0.39 is 22.8 Å². The van der Waals surface area contributed by atoms with Crippen LogP contribution in [-0.2, 0) is 23.3 Å². The number of halogens is 2. The quantitative estimate of drug-likeness (QED) is 0.216. The molecule has 1 unspecified atom stereocenters. The molecule has 214 valence electrons. The molecule has 4 aromatic carbocycles. The van der Waals surface area contributed by atoms with Crippen molar-refractivity contribution in [3.8, 4) is 5.75 Å². The van der Waals surface area contributed by atoms with E-state index in [0.717, 1.165) is 11.1 Å². The average molecular weight is 611 g/mol. The van der Waals surface area contributed by atoms with Gasteiger partial charge in [-0.25, -0.2) is 0 Å².